The number of rotatable bonds is 9. The van der Waals surface area contributed by atoms with Gasteiger partial charge in [-0.2, -0.15) is 0 Å². The average Bonchev–Trinajstić information content (AvgIpc) is 3.24. The number of aryl methyl sites for hydroxylation is 1. The predicted octanol–water partition coefficient (Wildman–Crippen LogP) is 3.52. The van der Waals surface area contributed by atoms with Crippen molar-refractivity contribution in [1.82, 2.24) is 10.3 Å². The Morgan fingerprint density at radius 1 is 1.25 bits per heavy atom. The summed E-state index contributed by atoms with van der Waals surface area (Å²) < 4.78 is 0. The van der Waals surface area contributed by atoms with Gasteiger partial charge in [-0.3, -0.25) is 0 Å². The van der Waals surface area contributed by atoms with Crippen molar-refractivity contribution in [2.75, 3.05) is 24.5 Å². The summed E-state index contributed by atoms with van der Waals surface area (Å²) in [6.45, 7) is 10.9. The SMILES string of the molecule is CCCNCc1ccc(N(CCC)CC2CC2)nc1C. The summed E-state index contributed by atoms with van der Waals surface area (Å²) in [6.07, 6.45) is 5.17. The van der Waals surface area contributed by atoms with Crippen molar-refractivity contribution in [2.45, 2.75) is 53.0 Å². The quantitative estimate of drug-likeness (QED) is 0.699. The van der Waals surface area contributed by atoms with Crippen LogP contribution in [0.3, 0.4) is 0 Å². The second kappa shape index (κ2) is 7.63. The molecule has 1 heterocycles. The van der Waals surface area contributed by atoms with Gasteiger partial charge in [0, 0.05) is 25.3 Å². The molecule has 3 heteroatoms. The Balaban J connectivity index is 2.00. The van der Waals surface area contributed by atoms with E-state index in [1.165, 1.54) is 43.5 Å². The Morgan fingerprint density at radius 3 is 2.65 bits per heavy atom. The van der Waals surface area contributed by atoms with Crippen LogP contribution >= 0.6 is 0 Å². The third-order valence-electron chi connectivity index (χ3n) is 3.92. The largest absolute Gasteiger partial charge is 0.356 e. The van der Waals surface area contributed by atoms with Gasteiger partial charge in [0.1, 0.15) is 5.82 Å². The molecule has 0 amide bonds. The lowest BCUT2D eigenvalue weighted by molar-refractivity contribution is 0.668. The zero-order valence-corrected chi connectivity index (χ0v) is 13.3. The monoisotopic (exact) mass is 275 g/mol. The molecule has 1 aliphatic carbocycles. The molecule has 0 saturated heterocycles. The molecule has 0 radical (unpaired) electrons. The Labute approximate surface area is 123 Å². The van der Waals surface area contributed by atoms with Gasteiger partial charge < -0.3 is 10.2 Å². The van der Waals surface area contributed by atoms with E-state index in [0.717, 1.165) is 31.4 Å². The number of anilines is 1. The van der Waals surface area contributed by atoms with Crippen LogP contribution in [-0.2, 0) is 6.54 Å². The molecular weight excluding hydrogens is 246 g/mol. The second-order valence-corrected chi connectivity index (χ2v) is 5.98. The molecule has 1 aromatic heterocycles. The van der Waals surface area contributed by atoms with Crippen molar-refractivity contribution in [3.05, 3.63) is 23.4 Å². The topological polar surface area (TPSA) is 28.2 Å². The fraction of sp³-hybridized carbons (Fsp3) is 0.706. The first-order chi connectivity index (χ1) is 9.74. The van der Waals surface area contributed by atoms with E-state index in [9.17, 15) is 0 Å². The van der Waals surface area contributed by atoms with E-state index < -0.39 is 0 Å². The highest BCUT2D eigenvalue weighted by Gasteiger charge is 2.24. The minimum atomic E-state index is 0.912. The first-order valence-electron chi connectivity index (χ1n) is 8.16. The van der Waals surface area contributed by atoms with E-state index in [2.05, 4.69) is 43.1 Å². The highest BCUT2D eigenvalue weighted by Crippen LogP contribution is 2.31. The molecule has 1 aromatic rings. The summed E-state index contributed by atoms with van der Waals surface area (Å²) in [5.74, 6) is 2.07. The molecule has 2 rings (SSSR count). The summed E-state index contributed by atoms with van der Waals surface area (Å²) in [4.78, 5) is 7.30. The van der Waals surface area contributed by atoms with Gasteiger partial charge in [-0.05, 0) is 56.7 Å². The molecule has 20 heavy (non-hydrogen) atoms. The van der Waals surface area contributed by atoms with Crippen molar-refractivity contribution in [3.63, 3.8) is 0 Å². The highest BCUT2D eigenvalue weighted by molar-refractivity contribution is 5.42. The highest BCUT2D eigenvalue weighted by atomic mass is 15.2. The van der Waals surface area contributed by atoms with E-state index >= 15 is 0 Å². The molecule has 112 valence electrons. The smallest absolute Gasteiger partial charge is 0.128 e. The van der Waals surface area contributed by atoms with E-state index in [-0.39, 0.29) is 0 Å². The van der Waals surface area contributed by atoms with Gasteiger partial charge in [0.25, 0.3) is 0 Å². The van der Waals surface area contributed by atoms with Crippen LogP contribution in [0.4, 0.5) is 5.82 Å². The van der Waals surface area contributed by atoms with Crippen LogP contribution in [0.25, 0.3) is 0 Å². The van der Waals surface area contributed by atoms with Crippen molar-refractivity contribution in [3.8, 4) is 0 Å². The normalized spacial score (nSPS) is 14.6. The number of pyridine rings is 1. The Bertz CT molecular complexity index is 413. The Kier molecular flexibility index (Phi) is 5.84. The zero-order chi connectivity index (χ0) is 14.4. The van der Waals surface area contributed by atoms with Crippen LogP contribution in [-0.4, -0.2) is 24.6 Å². The van der Waals surface area contributed by atoms with Crippen LogP contribution in [0.2, 0.25) is 0 Å². The number of nitrogens with zero attached hydrogens (tertiary/aromatic N) is 2. The van der Waals surface area contributed by atoms with Crippen molar-refractivity contribution >= 4 is 5.82 Å². The van der Waals surface area contributed by atoms with Crippen LogP contribution in [0.5, 0.6) is 0 Å². The number of hydrogen-bond acceptors (Lipinski definition) is 3. The van der Waals surface area contributed by atoms with Gasteiger partial charge in [0.2, 0.25) is 0 Å². The predicted molar refractivity (Wildman–Crippen MR) is 86.2 cm³/mol. The molecular formula is C17H29N3. The summed E-state index contributed by atoms with van der Waals surface area (Å²) in [7, 11) is 0. The lowest BCUT2D eigenvalue weighted by Gasteiger charge is -2.24. The van der Waals surface area contributed by atoms with Crippen LogP contribution in [0.1, 0.15) is 50.8 Å². The second-order valence-electron chi connectivity index (χ2n) is 5.98. The standard InChI is InChI=1S/C17H29N3/c1-4-10-18-12-16-8-9-17(19-14(16)3)20(11-5-2)13-15-6-7-15/h8-9,15,18H,4-7,10-13H2,1-3H3. The van der Waals surface area contributed by atoms with Crippen LogP contribution in [0.15, 0.2) is 12.1 Å². The summed E-state index contributed by atoms with van der Waals surface area (Å²) in [6, 6.07) is 4.45. The van der Waals surface area contributed by atoms with Gasteiger partial charge in [0.05, 0.1) is 0 Å². The zero-order valence-electron chi connectivity index (χ0n) is 13.3. The Morgan fingerprint density at radius 2 is 2.05 bits per heavy atom. The fourth-order valence-electron chi connectivity index (χ4n) is 2.52. The van der Waals surface area contributed by atoms with Crippen molar-refractivity contribution in [2.24, 2.45) is 5.92 Å². The molecule has 0 unspecified atom stereocenters. The molecule has 0 spiro atoms. The molecule has 3 nitrogen and oxygen atoms in total. The minimum Gasteiger partial charge on any atom is -0.356 e. The van der Waals surface area contributed by atoms with E-state index in [0.29, 0.717) is 0 Å². The molecule has 1 aliphatic rings. The van der Waals surface area contributed by atoms with Gasteiger partial charge in [0.15, 0.2) is 0 Å². The minimum absolute atomic E-state index is 0.912. The molecule has 1 N–H and O–H groups in total. The van der Waals surface area contributed by atoms with Gasteiger partial charge in [-0.1, -0.05) is 19.9 Å². The third kappa shape index (κ3) is 4.48. The van der Waals surface area contributed by atoms with E-state index in [1.54, 1.807) is 0 Å². The lowest BCUT2D eigenvalue weighted by atomic mass is 10.2. The maximum Gasteiger partial charge on any atom is 0.128 e. The first-order valence-corrected chi connectivity index (χ1v) is 8.16. The molecule has 0 atom stereocenters. The third-order valence-corrected chi connectivity index (χ3v) is 3.92. The van der Waals surface area contributed by atoms with Crippen LogP contribution < -0.4 is 10.2 Å². The maximum atomic E-state index is 4.84. The first kappa shape index (κ1) is 15.3. The summed E-state index contributed by atoms with van der Waals surface area (Å²) in [5.41, 5.74) is 2.49. The van der Waals surface area contributed by atoms with E-state index in [1.807, 2.05) is 0 Å². The maximum absolute atomic E-state index is 4.84. The van der Waals surface area contributed by atoms with Gasteiger partial charge in [-0.15, -0.1) is 0 Å². The number of nitrogens with one attached hydrogen (secondary N) is 1. The molecule has 1 saturated carbocycles. The number of hydrogen-bond donors (Lipinski definition) is 1. The molecule has 0 aliphatic heterocycles. The molecule has 0 bridgehead atoms. The van der Waals surface area contributed by atoms with Crippen LogP contribution in [0, 0.1) is 12.8 Å². The Hall–Kier alpha value is -1.09. The van der Waals surface area contributed by atoms with E-state index in [4.69, 9.17) is 4.98 Å². The lowest BCUT2D eigenvalue weighted by Crippen LogP contribution is -2.27. The average molecular weight is 275 g/mol. The molecule has 0 aromatic carbocycles. The fourth-order valence-corrected chi connectivity index (χ4v) is 2.52. The summed E-state index contributed by atoms with van der Waals surface area (Å²) >= 11 is 0. The summed E-state index contributed by atoms with van der Waals surface area (Å²) in [5, 5.41) is 3.45. The van der Waals surface area contributed by atoms with Gasteiger partial charge >= 0.3 is 0 Å². The number of aromatic nitrogens is 1. The van der Waals surface area contributed by atoms with Crippen molar-refractivity contribution < 1.29 is 0 Å². The van der Waals surface area contributed by atoms with Crippen molar-refractivity contribution in [1.29, 1.82) is 0 Å². The molecule has 1 fully saturated rings. The van der Waals surface area contributed by atoms with Gasteiger partial charge in [-0.25, -0.2) is 4.98 Å².